The van der Waals surface area contributed by atoms with Gasteiger partial charge < -0.3 is 4.90 Å². The van der Waals surface area contributed by atoms with Crippen molar-refractivity contribution in [3.63, 3.8) is 0 Å². The number of amides is 1. The highest BCUT2D eigenvalue weighted by molar-refractivity contribution is 9.10. The fourth-order valence-electron chi connectivity index (χ4n) is 1.51. The maximum atomic E-state index is 11.9. The van der Waals surface area contributed by atoms with Crippen LogP contribution in [0.25, 0.3) is 0 Å². The van der Waals surface area contributed by atoms with Crippen LogP contribution in [0.1, 0.15) is 25.8 Å². The minimum atomic E-state index is 0.104. The van der Waals surface area contributed by atoms with E-state index in [1.165, 1.54) is 0 Å². The molecule has 0 aliphatic rings. The highest BCUT2D eigenvalue weighted by atomic mass is 79.9. The van der Waals surface area contributed by atoms with E-state index < -0.39 is 0 Å². The molecule has 0 heterocycles. The molecule has 2 nitrogen and oxygen atoms in total. The molecule has 0 aliphatic heterocycles. The van der Waals surface area contributed by atoms with Crippen molar-refractivity contribution in [2.75, 3.05) is 7.05 Å². The van der Waals surface area contributed by atoms with Gasteiger partial charge in [0, 0.05) is 24.0 Å². The molecule has 1 atom stereocenters. The van der Waals surface area contributed by atoms with Crippen LogP contribution in [-0.2, 0) is 11.3 Å². The molecule has 0 saturated heterocycles. The predicted molar refractivity (Wildman–Crippen MR) is 70.1 cm³/mol. The van der Waals surface area contributed by atoms with E-state index in [0.29, 0.717) is 6.54 Å². The predicted octanol–water partition coefficient (Wildman–Crippen LogP) is 3.45. The highest BCUT2D eigenvalue weighted by Crippen LogP contribution is 2.18. The molecule has 1 aromatic carbocycles. The van der Waals surface area contributed by atoms with Crippen LogP contribution < -0.4 is 0 Å². The number of nitrogens with zero attached hydrogens (tertiary/aromatic N) is 1. The Balaban J connectivity index is 2.68. The third-order valence-corrected chi connectivity index (χ3v) is 3.55. The zero-order valence-corrected chi connectivity index (χ0v) is 11.6. The van der Waals surface area contributed by atoms with Crippen molar-refractivity contribution in [1.82, 2.24) is 4.90 Å². The average Bonchev–Trinajstić information content (AvgIpc) is 2.30. The number of carbonyl (C=O) groups excluding carboxylic acids is 1. The minimum Gasteiger partial charge on any atom is -0.341 e. The van der Waals surface area contributed by atoms with E-state index in [9.17, 15) is 4.79 Å². The number of halogens is 1. The van der Waals surface area contributed by atoms with Gasteiger partial charge in [-0.15, -0.1) is 0 Å². The SMILES string of the molecule is CCC(C)C(=O)N(C)Cc1ccccc1Br. The van der Waals surface area contributed by atoms with Gasteiger partial charge in [-0.2, -0.15) is 0 Å². The Morgan fingerprint density at radius 2 is 2.06 bits per heavy atom. The minimum absolute atomic E-state index is 0.104. The zero-order valence-electron chi connectivity index (χ0n) is 10.0. The van der Waals surface area contributed by atoms with E-state index >= 15 is 0 Å². The smallest absolute Gasteiger partial charge is 0.225 e. The molecule has 0 spiro atoms. The van der Waals surface area contributed by atoms with Crippen molar-refractivity contribution in [2.24, 2.45) is 5.92 Å². The standard InChI is InChI=1S/C13H18BrNO/c1-4-10(2)13(16)15(3)9-11-7-5-6-8-12(11)14/h5-8,10H,4,9H2,1-3H3. The summed E-state index contributed by atoms with van der Waals surface area (Å²) in [7, 11) is 1.86. The Morgan fingerprint density at radius 3 is 2.62 bits per heavy atom. The molecule has 0 bridgehead atoms. The molecular weight excluding hydrogens is 266 g/mol. The second-order valence-corrected chi connectivity index (χ2v) is 4.95. The van der Waals surface area contributed by atoms with Gasteiger partial charge in [-0.1, -0.05) is 48.0 Å². The number of hydrogen-bond acceptors (Lipinski definition) is 1. The molecule has 1 amide bonds. The Kier molecular flexibility index (Phi) is 5.00. The molecule has 0 saturated carbocycles. The van der Waals surface area contributed by atoms with Gasteiger partial charge in [0.25, 0.3) is 0 Å². The van der Waals surface area contributed by atoms with Crippen LogP contribution >= 0.6 is 15.9 Å². The van der Waals surface area contributed by atoms with Crippen LogP contribution in [0.5, 0.6) is 0 Å². The molecule has 1 unspecified atom stereocenters. The first-order valence-corrected chi connectivity index (χ1v) is 6.34. The van der Waals surface area contributed by atoms with Gasteiger partial charge in [-0.05, 0) is 18.1 Å². The van der Waals surface area contributed by atoms with E-state index in [1.807, 2.05) is 45.2 Å². The molecule has 0 aromatic heterocycles. The van der Waals surface area contributed by atoms with Crippen LogP contribution in [-0.4, -0.2) is 17.9 Å². The first kappa shape index (κ1) is 13.2. The topological polar surface area (TPSA) is 20.3 Å². The lowest BCUT2D eigenvalue weighted by Gasteiger charge is -2.21. The van der Waals surface area contributed by atoms with E-state index in [4.69, 9.17) is 0 Å². The summed E-state index contributed by atoms with van der Waals surface area (Å²) in [6, 6.07) is 7.99. The van der Waals surface area contributed by atoms with Crippen LogP contribution in [0.2, 0.25) is 0 Å². The number of carbonyl (C=O) groups is 1. The lowest BCUT2D eigenvalue weighted by Crippen LogP contribution is -2.31. The van der Waals surface area contributed by atoms with Crippen molar-refractivity contribution >= 4 is 21.8 Å². The molecule has 0 radical (unpaired) electrons. The van der Waals surface area contributed by atoms with Crippen molar-refractivity contribution in [2.45, 2.75) is 26.8 Å². The van der Waals surface area contributed by atoms with Crippen molar-refractivity contribution in [3.8, 4) is 0 Å². The van der Waals surface area contributed by atoms with Gasteiger partial charge in [0.15, 0.2) is 0 Å². The normalized spacial score (nSPS) is 12.2. The van der Waals surface area contributed by atoms with Crippen LogP contribution in [0.15, 0.2) is 28.7 Å². The third-order valence-electron chi connectivity index (χ3n) is 2.78. The second kappa shape index (κ2) is 6.04. The summed E-state index contributed by atoms with van der Waals surface area (Å²) >= 11 is 3.49. The molecule has 0 aliphatic carbocycles. The van der Waals surface area contributed by atoms with Gasteiger partial charge in [0.1, 0.15) is 0 Å². The molecular formula is C13H18BrNO. The maximum Gasteiger partial charge on any atom is 0.225 e. The van der Waals surface area contributed by atoms with Gasteiger partial charge in [0.2, 0.25) is 5.91 Å². The van der Waals surface area contributed by atoms with Gasteiger partial charge in [-0.3, -0.25) is 4.79 Å². The summed E-state index contributed by atoms with van der Waals surface area (Å²) in [5.74, 6) is 0.311. The Hall–Kier alpha value is -0.830. The van der Waals surface area contributed by atoms with Crippen molar-refractivity contribution in [3.05, 3.63) is 34.3 Å². The Labute approximate surface area is 106 Å². The molecule has 88 valence electrons. The first-order chi connectivity index (χ1) is 7.56. The summed E-state index contributed by atoms with van der Waals surface area (Å²) < 4.78 is 1.05. The molecule has 3 heteroatoms. The largest absolute Gasteiger partial charge is 0.341 e. The average molecular weight is 284 g/mol. The first-order valence-electron chi connectivity index (χ1n) is 5.54. The maximum absolute atomic E-state index is 11.9. The van der Waals surface area contributed by atoms with E-state index in [2.05, 4.69) is 15.9 Å². The molecule has 0 N–H and O–H groups in total. The molecule has 1 rings (SSSR count). The van der Waals surface area contributed by atoms with Crippen molar-refractivity contribution in [1.29, 1.82) is 0 Å². The van der Waals surface area contributed by atoms with E-state index in [-0.39, 0.29) is 11.8 Å². The van der Waals surface area contributed by atoms with Gasteiger partial charge in [-0.25, -0.2) is 0 Å². The summed E-state index contributed by atoms with van der Waals surface area (Å²) in [4.78, 5) is 13.7. The quantitative estimate of drug-likeness (QED) is 0.829. The lowest BCUT2D eigenvalue weighted by atomic mass is 10.1. The number of rotatable bonds is 4. The fraction of sp³-hybridized carbons (Fsp3) is 0.462. The highest BCUT2D eigenvalue weighted by Gasteiger charge is 2.16. The van der Waals surface area contributed by atoms with Crippen LogP contribution in [0.3, 0.4) is 0 Å². The number of benzene rings is 1. The Bertz CT molecular complexity index is 365. The monoisotopic (exact) mass is 283 g/mol. The molecule has 16 heavy (non-hydrogen) atoms. The lowest BCUT2D eigenvalue weighted by molar-refractivity contribution is -0.134. The van der Waals surface area contributed by atoms with Crippen molar-refractivity contribution < 1.29 is 4.79 Å². The molecule has 0 fully saturated rings. The Morgan fingerprint density at radius 1 is 1.44 bits per heavy atom. The summed E-state index contributed by atoms with van der Waals surface area (Å²) in [5.41, 5.74) is 1.14. The van der Waals surface area contributed by atoms with Gasteiger partial charge in [0.05, 0.1) is 0 Å². The third kappa shape index (κ3) is 3.34. The van der Waals surface area contributed by atoms with Gasteiger partial charge >= 0.3 is 0 Å². The molecule has 1 aromatic rings. The summed E-state index contributed by atoms with van der Waals surface area (Å²) in [5, 5.41) is 0. The van der Waals surface area contributed by atoms with E-state index in [0.717, 1.165) is 16.5 Å². The summed E-state index contributed by atoms with van der Waals surface area (Å²) in [6.45, 7) is 4.66. The fourth-order valence-corrected chi connectivity index (χ4v) is 1.92. The summed E-state index contributed by atoms with van der Waals surface area (Å²) in [6.07, 6.45) is 0.888. The second-order valence-electron chi connectivity index (χ2n) is 4.10. The van der Waals surface area contributed by atoms with E-state index in [1.54, 1.807) is 4.90 Å². The number of hydrogen-bond donors (Lipinski definition) is 0. The van der Waals surface area contributed by atoms with Crippen LogP contribution in [0.4, 0.5) is 0 Å². The zero-order chi connectivity index (χ0) is 12.1. The van der Waals surface area contributed by atoms with Crippen LogP contribution in [0, 0.1) is 5.92 Å².